The summed E-state index contributed by atoms with van der Waals surface area (Å²) >= 11 is 0. The number of urea groups is 1. The third kappa shape index (κ3) is 8.41. The molecule has 0 aliphatic rings. The van der Waals surface area contributed by atoms with Gasteiger partial charge in [-0.05, 0) is 24.7 Å². The van der Waals surface area contributed by atoms with Crippen LogP contribution in [0.2, 0.25) is 0 Å². The number of rotatable bonds is 9. The molecule has 2 amide bonds. The van der Waals surface area contributed by atoms with Crippen molar-refractivity contribution in [3.05, 3.63) is 0 Å². The Bertz CT molecular complexity index is 348. The maximum Gasteiger partial charge on any atom is 0.318 e. The van der Waals surface area contributed by atoms with Crippen LogP contribution >= 0.6 is 0 Å². The van der Waals surface area contributed by atoms with Crippen LogP contribution in [0.4, 0.5) is 4.79 Å². The monoisotopic (exact) mass is 282 g/mol. The number of amides is 2. The molecule has 0 rings (SSSR count). The van der Waals surface area contributed by atoms with Gasteiger partial charge in [0.1, 0.15) is 0 Å². The molecular formula is C15H26N2O3. The van der Waals surface area contributed by atoms with Crippen LogP contribution < -0.4 is 5.32 Å². The normalized spacial score (nSPS) is 11.8. The highest BCUT2D eigenvalue weighted by Crippen LogP contribution is 2.14. The number of hydrogen-bond donors (Lipinski definition) is 2. The Morgan fingerprint density at radius 1 is 1.40 bits per heavy atom. The molecule has 0 aliphatic carbocycles. The van der Waals surface area contributed by atoms with E-state index >= 15 is 0 Å². The highest BCUT2D eigenvalue weighted by Gasteiger charge is 2.18. The third-order valence-electron chi connectivity index (χ3n) is 2.87. The van der Waals surface area contributed by atoms with Crippen molar-refractivity contribution in [1.82, 2.24) is 10.2 Å². The predicted octanol–water partition coefficient (Wildman–Crippen LogP) is 2.18. The minimum Gasteiger partial charge on any atom is -0.481 e. The minimum atomic E-state index is -0.834. The highest BCUT2D eigenvalue weighted by molar-refractivity contribution is 5.74. The van der Waals surface area contributed by atoms with Gasteiger partial charge >= 0.3 is 12.0 Å². The van der Waals surface area contributed by atoms with Crippen molar-refractivity contribution in [2.75, 3.05) is 19.6 Å². The summed E-state index contributed by atoms with van der Waals surface area (Å²) in [6, 6.07) is -0.219. The van der Waals surface area contributed by atoms with Gasteiger partial charge in [0, 0.05) is 19.5 Å². The summed E-state index contributed by atoms with van der Waals surface area (Å²) in [5, 5.41) is 11.7. The number of nitrogens with one attached hydrogen (secondary N) is 1. The zero-order chi connectivity index (χ0) is 15.5. The predicted molar refractivity (Wildman–Crippen MR) is 79.3 cm³/mol. The quantitative estimate of drug-likeness (QED) is 0.637. The van der Waals surface area contributed by atoms with E-state index < -0.39 is 5.97 Å². The molecule has 5 nitrogen and oxygen atoms in total. The molecule has 0 radical (unpaired) electrons. The van der Waals surface area contributed by atoms with Gasteiger partial charge in [0.15, 0.2) is 0 Å². The van der Waals surface area contributed by atoms with Crippen LogP contribution in [0.1, 0.15) is 40.0 Å². The van der Waals surface area contributed by atoms with E-state index in [9.17, 15) is 9.59 Å². The molecular weight excluding hydrogens is 256 g/mol. The van der Waals surface area contributed by atoms with Crippen molar-refractivity contribution in [1.29, 1.82) is 0 Å². The van der Waals surface area contributed by atoms with E-state index in [4.69, 9.17) is 11.5 Å². The van der Waals surface area contributed by atoms with Gasteiger partial charge in [0.2, 0.25) is 0 Å². The maximum absolute atomic E-state index is 12.0. The number of nitrogens with zero attached hydrogens (tertiary/aromatic N) is 1. The summed E-state index contributed by atoms with van der Waals surface area (Å²) in [5.41, 5.74) is 0. The van der Waals surface area contributed by atoms with Gasteiger partial charge in [-0.3, -0.25) is 4.79 Å². The summed E-state index contributed by atoms with van der Waals surface area (Å²) in [7, 11) is 0. The zero-order valence-electron chi connectivity index (χ0n) is 12.7. The first-order chi connectivity index (χ1) is 9.40. The topological polar surface area (TPSA) is 69.6 Å². The van der Waals surface area contributed by atoms with Crippen molar-refractivity contribution < 1.29 is 14.7 Å². The van der Waals surface area contributed by atoms with Crippen LogP contribution in [0.25, 0.3) is 0 Å². The van der Waals surface area contributed by atoms with Crippen molar-refractivity contribution in [3.63, 3.8) is 0 Å². The molecule has 114 valence electrons. The molecule has 1 unspecified atom stereocenters. The Morgan fingerprint density at radius 2 is 2.05 bits per heavy atom. The van der Waals surface area contributed by atoms with Crippen LogP contribution in [-0.4, -0.2) is 41.6 Å². The first-order valence-corrected chi connectivity index (χ1v) is 7.08. The third-order valence-corrected chi connectivity index (χ3v) is 2.87. The van der Waals surface area contributed by atoms with Gasteiger partial charge in [0.05, 0.1) is 6.54 Å². The molecule has 1 atom stereocenters. The van der Waals surface area contributed by atoms with E-state index in [-0.39, 0.29) is 24.9 Å². The standard InChI is InChI=1S/C15H26N2O3/c1-5-7-17(8-6-2)15(20)16-11-13(9-12(3)4)10-14(18)19/h1,12-13H,6-11H2,2-4H3,(H,16,20)(H,18,19). The van der Waals surface area contributed by atoms with E-state index in [2.05, 4.69) is 11.2 Å². The Morgan fingerprint density at radius 3 is 2.50 bits per heavy atom. The molecule has 0 heterocycles. The fourth-order valence-electron chi connectivity index (χ4n) is 2.13. The van der Waals surface area contributed by atoms with Crippen LogP contribution in [0.5, 0.6) is 0 Å². The maximum atomic E-state index is 12.0. The average molecular weight is 282 g/mol. The first kappa shape index (κ1) is 18.3. The van der Waals surface area contributed by atoms with Crippen molar-refractivity contribution in [3.8, 4) is 12.3 Å². The lowest BCUT2D eigenvalue weighted by Crippen LogP contribution is -2.42. The second-order valence-corrected chi connectivity index (χ2v) is 5.41. The molecule has 0 saturated heterocycles. The minimum absolute atomic E-state index is 0.0502. The van der Waals surface area contributed by atoms with Crippen LogP contribution in [-0.2, 0) is 4.79 Å². The molecule has 0 aromatic carbocycles. The summed E-state index contributed by atoms with van der Waals surface area (Å²) < 4.78 is 0. The number of carboxylic acids is 1. The van der Waals surface area contributed by atoms with E-state index in [1.54, 1.807) is 4.90 Å². The summed E-state index contributed by atoms with van der Waals surface area (Å²) in [4.78, 5) is 24.4. The number of carbonyl (C=O) groups is 2. The SMILES string of the molecule is C#CCN(CCC)C(=O)NCC(CC(=O)O)CC(C)C. The molecule has 0 aromatic heterocycles. The molecule has 0 saturated carbocycles. The number of aliphatic carboxylic acids is 1. The average Bonchev–Trinajstić information content (AvgIpc) is 2.34. The van der Waals surface area contributed by atoms with Crippen LogP contribution in [0.15, 0.2) is 0 Å². The van der Waals surface area contributed by atoms with E-state index in [1.165, 1.54) is 0 Å². The largest absolute Gasteiger partial charge is 0.481 e. The fourth-order valence-corrected chi connectivity index (χ4v) is 2.13. The Labute approximate surface area is 121 Å². The molecule has 0 aromatic rings. The Balaban J connectivity index is 4.39. The molecule has 0 aliphatic heterocycles. The molecule has 0 fully saturated rings. The van der Waals surface area contributed by atoms with Gasteiger partial charge in [-0.25, -0.2) is 4.79 Å². The number of carboxylic acid groups (broad SMARTS) is 1. The number of carbonyl (C=O) groups excluding carboxylic acids is 1. The summed E-state index contributed by atoms with van der Waals surface area (Å²) in [5.74, 6) is 1.97. The molecule has 5 heteroatoms. The highest BCUT2D eigenvalue weighted by atomic mass is 16.4. The van der Waals surface area contributed by atoms with Gasteiger partial charge in [0.25, 0.3) is 0 Å². The number of terminal acetylenes is 1. The van der Waals surface area contributed by atoms with Crippen molar-refractivity contribution in [2.45, 2.75) is 40.0 Å². The smallest absolute Gasteiger partial charge is 0.318 e. The molecule has 0 bridgehead atoms. The van der Waals surface area contributed by atoms with Gasteiger partial charge in [-0.1, -0.05) is 26.7 Å². The second kappa shape index (κ2) is 10.1. The van der Waals surface area contributed by atoms with Crippen molar-refractivity contribution >= 4 is 12.0 Å². The second-order valence-electron chi connectivity index (χ2n) is 5.41. The fraction of sp³-hybridized carbons (Fsp3) is 0.733. The van der Waals surface area contributed by atoms with Crippen LogP contribution in [0.3, 0.4) is 0 Å². The summed E-state index contributed by atoms with van der Waals surface area (Å²) in [6.45, 7) is 7.30. The van der Waals surface area contributed by atoms with E-state index in [0.29, 0.717) is 19.0 Å². The zero-order valence-corrected chi connectivity index (χ0v) is 12.7. The molecule has 2 N–H and O–H groups in total. The lowest BCUT2D eigenvalue weighted by atomic mass is 9.94. The Hall–Kier alpha value is -1.70. The van der Waals surface area contributed by atoms with E-state index in [0.717, 1.165) is 12.8 Å². The Kier molecular flexibility index (Phi) is 9.27. The lowest BCUT2D eigenvalue weighted by Gasteiger charge is -2.23. The first-order valence-electron chi connectivity index (χ1n) is 7.08. The molecule has 0 spiro atoms. The number of hydrogen-bond acceptors (Lipinski definition) is 2. The summed E-state index contributed by atoms with van der Waals surface area (Å²) in [6.07, 6.45) is 6.91. The van der Waals surface area contributed by atoms with E-state index in [1.807, 2.05) is 20.8 Å². The lowest BCUT2D eigenvalue weighted by molar-refractivity contribution is -0.138. The van der Waals surface area contributed by atoms with Gasteiger partial charge in [-0.15, -0.1) is 6.42 Å². The van der Waals surface area contributed by atoms with Crippen molar-refractivity contribution in [2.24, 2.45) is 11.8 Å². The van der Waals surface area contributed by atoms with Gasteiger partial charge < -0.3 is 15.3 Å². The molecule has 20 heavy (non-hydrogen) atoms. The van der Waals surface area contributed by atoms with Gasteiger partial charge in [-0.2, -0.15) is 0 Å². The van der Waals surface area contributed by atoms with Crippen LogP contribution in [0, 0.1) is 24.2 Å².